The van der Waals surface area contributed by atoms with Crippen molar-refractivity contribution < 1.29 is 26.4 Å². The van der Waals surface area contributed by atoms with Crippen molar-refractivity contribution in [2.75, 3.05) is 0 Å². The standard InChI is InChI=1S/CH2NO2.Mo.S/c2-4-1-3;;/h2H2;;. The monoisotopic (exact) mass is 190 g/mol. The predicted molar refractivity (Wildman–Crippen MR) is 18.3 cm³/mol. The maximum absolute atomic E-state index is 9.79. The van der Waals surface area contributed by atoms with Gasteiger partial charge in [-0.3, -0.25) is 0 Å². The van der Waals surface area contributed by atoms with Gasteiger partial charge in [-0.1, -0.05) is 0 Å². The fraction of sp³-hybridized carbons (Fsp3) is 0. The molecule has 0 fully saturated rings. The third kappa shape index (κ3) is 2.57. The van der Waals surface area contributed by atoms with E-state index in [2.05, 4.69) is 20.6 Å². The second-order valence-corrected chi connectivity index (χ2v) is 2.67. The molecule has 6 heavy (non-hydrogen) atoms. The quantitative estimate of drug-likeness (QED) is 0.471. The van der Waals surface area contributed by atoms with Crippen LogP contribution < -0.4 is 5.90 Å². The van der Waals surface area contributed by atoms with E-state index in [-0.39, 0.29) is 0 Å². The number of rotatable bonds is 1. The second kappa shape index (κ2) is 3.53. The van der Waals surface area contributed by atoms with Crippen LogP contribution in [0.3, 0.4) is 0 Å². The molecular formula is CH2MoNO2S. The molecule has 0 amide bonds. The van der Waals surface area contributed by atoms with Gasteiger partial charge in [-0.2, -0.15) is 0 Å². The number of nitrogens with two attached hydrogens (primary N) is 1. The van der Waals surface area contributed by atoms with Gasteiger partial charge in [-0.05, 0) is 0 Å². The molecule has 5 heteroatoms. The van der Waals surface area contributed by atoms with Crippen molar-refractivity contribution in [2.24, 2.45) is 5.90 Å². The van der Waals surface area contributed by atoms with Crippen molar-refractivity contribution in [3.05, 3.63) is 0 Å². The molecule has 2 N–H and O–H groups in total. The first-order chi connectivity index (χ1) is 2.81. The first kappa shape index (κ1) is 6.34. The summed E-state index contributed by atoms with van der Waals surface area (Å²) in [6, 6.07) is 0. The topological polar surface area (TPSA) is 52.3 Å². The van der Waals surface area contributed by atoms with Gasteiger partial charge in [0.2, 0.25) is 0 Å². The van der Waals surface area contributed by atoms with Crippen LogP contribution in [0.2, 0.25) is 0 Å². The van der Waals surface area contributed by atoms with Crippen LogP contribution in [0, 0.1) is 0 Å². The van der Waals surface area contributed by atoms with Crippen LogP contribution in [0.4, 0.5) is 4.79 Å². The fourth-order valence-electron chi connectivity index (χ4n) is 0.0196. The Morgan fingerprint density at radius 2 is 2.50 bits per heavy atom. The van der Waals surface area contributed by atoms with Crippen molar-refractivity contribution in [3.8, 4) is 0 Å². The first-order valence-corrected chi connectivity index (χ1v) is 4.81. The zero-order valence-electron chi connectivity index (χ0n) is 2.71. The summed E-state index contributed by atoms with van der Waals surface area (Å²) >= 11 is -1.00. The number of hydrogen-bond acceptors (Lipinski definition) is 4. The predicted octanol–water partition coefficient (Wildman–Crippen LogP) is 0.192. The average Bonchev–Trinajstić information content (AvgIpc) is 1.65. The van der Waals surface area contributed by atoms with Crippen molar-refractivity contribution >= 4 is 14.2 Å². The van der Waals surface area contributed by atoms with Crippen LogP contribution in [0.5, 0.6) is 0 Å². The van der Waals surface area contributed by atoms with E-state index in [1.54, 1.807) is 0 Å². The molecule has 0 aromatic carbocycles. The van der Waals surface area contributed by atoms with Gasteiger partial charge in [-0.15, -0.1) is 0 Å². The average molecular weight is 188 g/mol. The van der Waals surface area contributed by atoms with Crippen molar-refractivity contribution in [2.45, 2.75) is 0 Å². The van der Waals surface area contributed by atoms with Crippen LogP contribution in [0.1, 0.15) is 0 Å². The molecule has 0 radical (unpaired) electrons. The van der Waals surface area contributed by atoms with Gasteiger partial charge in [0.15, 0.2) is 0 Å². The molecule has 0 spiro atoms. The summed E-state index contributed by atoms with van der Waals surface area (Å²) in [5, 5.41) is 0. The summed E-state index contributed by atoms with van der Waals surface area (Å²) in [6.07, 6.45) is 0. The summed E-state index contributed by atoms with van der Waals surface area (Å²) in [5.41, 5.74) is 0. The fourth-order valence-corrected chi connectivity index (χ4v) is 0.349. The Labute approximate surface area is 46.8 Å². The number of carbonyl (C=O) groups excluding carboxylic acids is 1. The minimum atomic E-state index is -1.00. The SMILES string of the molecule is NO[C](=O)[Mo]=[S]. The van der Waals surface area contributed by atoms with E-state index in [4.69, 9.17) is 0 Å². The Morgan fingerprint density at radius 1 is 2.00 bits per heavy atom. The molecule has 0 aliphatic heterocycles. The molecule has 35 valence electrons. The van der Waals surface area contributed by atoms with E-state index in [0.29, 0.717) is 0 Å². The molecular weight excluding hydrogens is 186 g/mol. The van der Waals surface area contributed by atoms with E-state index in [0.717, 1.165) is 0 Å². The molecule has 0 aromatic heterocycles. The zero-order chi connectivity index (χ0) is 4.99. The molecule has 0 aliphatic carbocycles. The van der Waals surface area contributed by atoms with E-state index >= 15 is 0 Å². The van der Waals surface area contributed by atoms with Crippen molar-refractivity contribution in [3.63, 3.8) is 0 Å². The Hall–Kier alpha value is 0.338. The molecule has 0 rings (SSSR count). The van der Waals surface area contributed by atoms with Crippen molar-refractivity contribution in [1.82, 2.24) is 0 Å². The third-order valence-corrected chi connectivity index (χ3v) is 1.54. The molecule has 0 unspecified atom stereocenters. The van der Waals surface area contributed by atoms with E-state index in [1.807, 2.05) is 0 Å². The van der Waals surface area contributed by atoms with Crippen molar-refractivity contribution in [1.29, 1.82) is 0 Å². The molecule has 0 saturated heterocycles. The van der Waals surface area contributed by atoms with Gasteiger partial charge in [0.25, 0.3) is 0 Å². The number of carbonyl (C=O) groups is 1. The third-order valence-electron chi connectivity index (χ3n) is 0.164. The molecule has 3 nitrogen and oxygen atoms in total. The van der Waals surface area contributed by atoms with E-state index in [9.17, 15) is 4.79 Å². The Balaban J connectivity index is 3.23. The van der Waals surface area contributed by atoms with Crippen LogP contribution >= 0.6 is 9.82 Å². The Bertz CT molecular complexity index is 73.9. The summed E-state index contributed by atoms with van der Waals surface area (Å²) < 4.78 is -0.435. The van der Waals surface area contributed by atoms with Gasteiger partial charge in [0, 0.05) is 0 Å². The van der Waals surface area contributed by atoms with Gasteiger partial charge in [0.1, 0.15) is 0 Å². The molecule has 0 aromatic rings. The molecule has 0 saturated carbocycles. The maximum atomic E-state index is 9.79. The Morgan fingerprint density at radius 3 is 2.50 bits per heavy atom. The summed E-state index contributed by atoms with van der Waals surface area (Å²) in [4.78, 5) is 13.5. The minimum absolute atomic E-state index is 0.435. The summed E-state index contributed by atoms with van der Waals surface area (Å²) in [5.74, 6) is 4.40. The van der Waals surface area contributed by atoms with E-state index in [1.165, 1.54) is 0 Å². The van der Waals surface area contributed by atoms with Gasteiger partial charge in [-0.25, -0.2) is 0 Å². The molecule has 0 atom stereocenters. The van der Waals surface area contributed by atoms with Gasteiger partial charge in [0.05, 0.1) is 0 Å². The van der Waals surface area contributed by atoms with Crippen LogP contribution in [0.15, 0.2) is 0 Å². The van der Waals surface area contributed by atoms with Gasteiger partial charge < -0.3 is 0 Å². The number of hydrogen-bond donors (Lipinski definition) is 1. The van der Waals surface area contributed by atoms with Crippen LogP contribution in [-0.2, 0) is 21.6 Å². The van der Waals surface area contributed by atoms with Gasteiger partial charge >= 0.3 is 46.5 Å². The van der Waals surface area contributed by atoms with E-state index < -0.39 is 21.1 Å². The van der Waals surface area contributed by atoms with Crippen LogP contribution in [0.25, 0.3) is 0 Å². The summed E-state index contributed by atoms with van der Waals surface area (Å²) in [7, 11) is 4.35. The second-order valence-electron chi connectivity index (χ2n) is 0.451. The molecule has 0 bridgehead atoms. The zero-order valence-corrected chi connectivity index (χ0v) is 5.53. The Kier molecular flexibility index (Phi) is 3.72. The first-order valence-electron chi connectivity index (χ1n) is 1.01. The van der Waals surface area contributed by atoms with Crippen LogP contribution in [-0.4, -0.2) is 4.36 Å². The molecule has 0 aliphatic rings. The normalized spacial score (nSPS) is 6.83. The molecule has 0 heterocycles. The summed E-state index contributed by atoms with van der Waals surface area (Å²) in [6.45, 7) is 0.